The largest absolute Gasteiger partial charge is 0.433 e. The molecule has 0 aliphatic heterocycles. The normalized spacial score (nSPS) is 10.9. The Bertz CT molecular complexity index is 527. The molecular formula is C11H11ClFN3O. The fraction of sp³-hybridized carbons (Fsp3) is 0.273. The molecule has 0 aliphatic rings. The van der Waals surface area contributed by atoms with Crippen LogP contribution >= 0.6 is 11.6 Å². The highest BCUT2D eigenvalue weighted by Crippen LogP contribution is 2.24. The minimum Gasteiger partial charge on any atom is -0.433 e. The number of rotatable bonds is 3. The Labute approximate surface area is 103 Å². The lowest BCUT2D eigenvalue weighted by atomic mass is 10.4. The molecule has 0 amide bonds. The summed E-state index contributed by atoms with van der Waals surface area (Å²) in [7, 11) is 0. The van der Waals surface area contributed by atoms with Crippen LogP contribution in [0.4, 0.5) is 4.39 Å². The van der Waals surface area contributed by atoms with E-state index in [9.17, 15) is 4.39 Å². The molecule has 2 aromatic heterocycles. The third-order valence-corrected chi connectivity index (χ3v) is 2.30. The second kappa shape index (κ2) is 4.71. The molecule has 17 heavy (non-hydrogen) atoms. The minimum absolute atomic E-state index is 0.113. The van der Waals surface area contributed by atoms with Crippen molar-refractivity contribution >= 4 is 11.6 Å². The van der Waals surface area contributed by atoms with E-state index in [-0.39, 0.29) is 16.9 Å². The second-order valence-electron chi connectivity index (χ2n) is 3.79. The van der Waals surface area contributed by atoms with E-state index in [2.05, 4.69) is 10.1 Å². The number of ether oxygens (including phenoxy) is 1. The van der Waals surface area contributed by atoms with Gasteiger partial charge in [0.05, 0.1) is 17.4 Å². The average molecular weight is 256 g/mol. The van der Waals surface area contributed by atoms with E-state index in [1.807, 2.05) is 13.8 Å². The molecular weight excluding hydrogens is 245 g/mol. The summed E-state index contributed by atoms with van der Waals surface area (Å²) in [5.41, 5.74) is 0. The van der Waals surface area contributed by atoms with Crippen molar-refractivity contribution in [3.05, 3.63) is 35.5 Å². The molecule has 2 heterocycles. The van der Waals surface area contributed by atoms with Crippen LogP contribution in [0.2, 0.25) is 5.02 Å². The summed E-state index contributed by atoms with van der Waals surface area (Å²) in [6.07, 6.45) is 4.52. The van der Waals surface area contributed by atoms with Gasteiger partial charge in [-0.25, -0.2) is 9.37 Å². The van der Waals surface area contributed by atoms with Gasteiger partial charge < -0.3 is 4.74 Å². The van der Waals surface area contributed by atoms with Crippen LogP contribution in [0.15, 0.2) is 24.7 Å². The van der Waals surface area contributed by atoms with E-state index in [0.717, 1.165) is 6.07 Å². The molecule has 0 unspecified atom stereocenters. The van der Waals surface area contributed by atoms with Crippen LogP contribution in [-0.4, -0.2) is 14.8 Å². The minimum atomic E-state index is -0.602. The smallest absolute Gasteiger partial charge is 0.256 e. The van der Waals surface area contributed by atoms with Crippen molar-refractivity contribution in [1.29, 1.82) is 0 Å². The van der Waals surface area contributed by atoms with Gasteiger partial charge >= 0.3 is 0 Å². The van der Waals surface area contributed by atoms with Gasteiger partial charge in [-0.15, -0.1) is 0 Å². The van der Waals surface area contributed by atoms with Gasteiger partial charge in [-0.05, 0) is 19.9 Å². The molecule has 0 bridgehead atoms. The molecule has 90 valence electrons. The van der Waals surface area contributed by atoms with Crippen LogP contribution in [0.25, 0.3) is 0 Å². The van der Waals surface area contributed by atoms with Crippen molar-refractivity contribution in [3.8, 4) is 11.6 Å². The Balaban J connectivity index is 2.19. The molecule has 4 nitrogen and oxygen atoms in total. The zero-order valence-corrected chi connectivity index (χ0v) is 10.1. The van der Waals surface area contributed by atoms with Crippen LogP contribution in [0, 0.1) is 5.82 Å². The molecule has 0 spiro atoms. The van der Waals surface area contributed by atoms with Crippen LogP contribution in [0.3, 0.4) is 0 Å². The van der Waals surface area contributed by atoms with E-state index in [0.29, 0.717) is 5.75 Å². The zero-order chi connectivity index (χ0) is 12.4. The van der Waals surface area contributed by atoms with Crippen LogP contribution in [0.1, 0.15) is 19.9 Å². The molecule has 0 fully saturated rings. The lowest BCUT2D eigenvalue weighted by Crippen LogP contribution is -1.99. The fourth-order valence-electron chi connectivity index (χ4n) is 1.24. The van der Waals surface area contributed by atoms with Gasteiger partial charge in [-0.2, -0.15) is 5.10 Å². The average Bonchev–Trinajstić information content (AvgIpc) is 2.71. The first-order valence-electron chi connectivity index (χ1n) is 5.09. The molecule has 6 heteroatoms. The number of pyridine rings is 1. The Morgan fingerprint density at radius 3 is 2.76 bits per heavy atom. The molecule has 0 radical (unpaired) electrons. The van der Waals surface area contributed by atoms with E-state index >= 15 is 0 Å². The highest BCUT2D eigenvalue weighted by Gasteiger charge is 2.09. The third kappa shape index (κ3) is 2.74. The van der Waals surface area contributed by atoms with Crippen molar-refractivity contribution in [2.24, 2.45) is 0 Å². The number of nitrogens with zero attached hydrogens (tertiary/aromatic N) is 3. The summed E-state index contributed by atoms with van der Waals surface area (Å²) in [5.74, 6) is -0.278. The van der Waals surface area contributed by atoms with Gasteiger partial charge in [0.25, 0.3) is 5.88 Å². The summed E-state index contributed by atoms with van der Waals surface area (Å²) >= 11 is 5.59. The topological polar surface area (TPSA) is 39.9 Å². The molecule has 2 aromatic rings. The summed E-state index contributed by atoms with van der Waals surface area (Å²) in [6, 6.07) is 1.37. The maximum absolute atomic E-state index is 13.4. The van der Waals surface area contributed by atoms with E-state index in [1.165, 1.54) is 12.4 Å². The number of aromatic nitrogens is 3. The summed E-state index contributed by atoms with van der Waals surface area (Å²) in [5, 5.41) is 4.30. The summed E-state index contributed by atoms with van der Waals surface area (Å²) in [4.78, 5) is 3.76. The predicted molar refractivity (Wildman–Crippen MR) is 61.9 cm³/mol. The van der Waals surface area contributed by atoms with E-state index in [4.69, 9.17) is 16.3 Å². The molecule has 0 aliphatic carbocycles. The molecule has 0 aromatic carbocycles. The van der Waals surface area contributed by atoms with Crippen LogP contribution < -0.4 is 4.74 Å². The van der Waals surface area contributed by atoms with Gasteiger partial charge in [-0.3, -0.25) is 4.68 Å². The van der Waals surface area contributed by atoms with Crippen molar-refractivity contribution in [1.82, 2.24) is 14.8 Å². The number of halogens is 2. The molecule has 2 rings (SSSR count). The van der Waals surface area contributed by atoms with Crippen molar-refractivity contribution in [2.75, 3.05) is 0 Å². The van der Waals surface area contributed by atoms with Gasteiger partial charge in [0, 0.05) is 12.2 Å². The van der Waals surface area contributed by atoms with Gasteiger partial charge in [0.2, 0.25) is 0 Å². The maximum Gasteiger partial charge on any atom is 0.256 e. The van der Waals surface area contributed by atoms with Crippen LogP contribution in [0.5, 0.6) is 11.6 Å². The maximum atomic E-state index is 13.4. The van der Waals surface area contributed by atoms with E-state index < -0.39 is 5.82 Å². The first kappa shape index (κ1) is 11.9. The van der Waals surface area contributed by atoms with Crippen molar-refractivity contribution in [2.45, 2.75) is 19.9 Å². The predicted octanol–water partition coefficient (Wildman–Crippen LogP) is 3.44. The summed E-state index contributed by atoms with van der Waals surface area (Å²) < 4.78 is 20.4. The number of hydrogen-bond acceptors (Lipinski definition) is 3. The number of hydrogen-bond donors (Lipinski definition) is 0. The molecule has 0 saturated carbocycles. The highest BCUT2D eigenvalue weighted by atomic mass is 35.5. The Morgan fingerprint density at radius 1 is 1.41 bits per heavy atom. The monoisotopic (exact) mass is 255 g/mol. The second-order valence-corrected chi connectivity index (χ2v) is 4.23. The highest BCUT2D eigenvalue weighted by molar-refractivity contribution is 6.30. The lowest BCUT2D eigenvalue weighted by Gasteiger charge is -2.04. The SMILES string of the molecule is CC(C)n1cc(Oc2ncc(Cl)cc2F)cn1. The van der Waals surface area contributed by atoms with Gasteiger partial charge in [-0.1, -0.05) is 11.6 Å². The standard InChI is InChI=1S/C11H11ClFN3O/c1-7(2)16-6-9(5-15-16)17-11-10(13)3-8(12)4-14-11/h3-7H,1-2H3. The zero-order valence-electron chi connectivity index (χ0n) is 9.39. The van der Waals surface area contributed by atoms with E-state index in [1.54, 1.807) is 10.9 Å². The van der Waals surface area contributed by atoms with Crippen LogP contribution in [-0.2, 0) is 0 Å². The van der Waals surface area contributed by atoms with Gasteiger partial charge in [0.1, 0.15) is 0 Å². The summed E-state index contributed by atoms with van der Waals surface area (Å²) in [6.45, 7) is 3.97. The lowest BCUT2D eigenvalue weighted by molar-refractivity contribution is 0.421. The van der Waals surface area contributed by atoms with Crippen molar-refractivity contribution in [3.63, 3.8) is 0 Å². The fourth-order valence-corrected chi connectivity index (χ4v) is 1.39. The third-order valence-electron chi connectivity index (χ3n) is 2.10. The first-order valence-corrected chi connectivity index (χ1v) is 5.47. The Morgan fingerprint density at radius 2 is 2.18 bits per heavy atom. The van der Waals surface area contributed by atoms with Crippen molar-refractivity contribution < 1.29 is 9.13 Å². The Kier molecular flexibility index (Phi) is 3.28. The quantitative estimate of drug-likeness (QED) is 0.843. The Hall–Kier alpha value is -1.62. The first-order chi connectivity index (χ1) is 8.06. The molecule has 0 N–H and O–H groups in total. The van der Waals surface area contributed by atoms with Gasteiger partial charge in [0.15, 0.2) is 11.6 Å². The molecule has 0 atom stereocenters. The molecule has 0 saturated heterocycles.